The van der Waals surface area contributed by atoms with Gasteiger partial charge >= 0.3 is 5.97 Å². The van der Waals surface area contributed by atoms with Crippen molar-refractivity contribution in [2.24, 2.45) is 0 Å². The van der Waals surface area contributed by atoms with Crippen molar-refractivity contribution in [3.8, 4) is 0 Å². The molecule has 1 fully saturated rings. The number of likely N-dealkylation sites (tertiary alicyclic amines) is 1. The maximum absolute atomic E-state index is 13.1. The third-order valence-electron chi connectivity index (χ3n) is 5.46. The molecule has 1 atom stereocenters. The van der Waals surface area contributed by atoms with E-state index in [2.05, 4.69) is 5.32 Å². The van der Waals surface area contributed by atoms with Crippen LogP contribution >= 0.6 is 11.3 Å². The first-order valence-corrected chi connectivity index (χ1v) is 10.6. The number of amides is 2. The van der Waals surface area contributed by atoms with E-state index in [4.69, 9.17) is 4.74 Å². The highest BCUT2D eigenvalue weighted by Gasteiger charge is 2.44. The minimum absolute atomic E-state index is 0.00183. The van der Waals surface area contributed by atoms with E-state index in [-0.39, 0.29) is 24.5 Å². The zero-order valence-electron chi connectivity index (χ0n) is 16.7. The van der Waals surface area contributed by atoms with Crippen LogP contribution in [0.5, 0.6) is 0 Å². The maximum Gasteiger partial charge on any atom is 0.317 e. The van der Waals surface area contributed by atoms with E-state index in [9.17, 15) is 14.4 Å². The summed E-state index contributed by atoms with van der Waals surface area (Å²) in [5.74, 6) is -0.739. The molecular formula is C22H26N2O4S. The summed E-state index contributed by atoms with van der Waals surface area (Å²) in [6.07, 6.45) is 0.950. The molecule has 2 heterocycles. The molecule has 3 rings (SSSR count). The van der Waals surface area contributed by atoms with Crippen LogP contribution in [0.3, 0.4) is 0 Å². The summed E-state index contributed by atoms with van der Waals surface area (Å²) in [5.41, 5.74) is 0.0212. The molecule has 7 heteroatoms. The first kappa shape index (κ1) is 21.0. The van der Waals surface area contributed by atoms with E-state index < -0.39 is 11.4 Å². The van der Waals surface area contributed by atoms with E-state index in [0.29, 0.717) is 25.9 Å². The lowest BCUT2D eigenvalue weighted by Crippen LogP contribution is -2.49. The highest BCUT2D eigenvalue weighted by Crippen LogP contribution is 2.37. The Morgan fingerprint density at radius 2 is 1.83 bits per heavy atom. The Balaban J connectivity index is 1.66. The fraction of sp³-hybridized carbons (Fsp3) is 0.409. The summed E-state index contributed by atoms with van der Waals surface area (Å²) in [4.78, 5) is 39.9. The second-order valence-corrected chi connectivity index (χ2v) is 8.31. The number of carbonyl (C=O) groups is 3. The number of hydrogen-bond donors (Lipinski definition) is 1. The fourth-order valence-electron chi connectivity index (χ4n) is 3.73. The van der Waals surface area contributed by atoms with Gasteiger partial charge in [0.05, 0.1) is 11.5 Å². The smallest absolute Gasteiger partial charge is 0.317 e. The molecule has 0 spiro atoms. The third kappa shape index (κ3) is 4.85. The zero-order chi connectivity index (χ0) is 20.9. The summed E-state index contributed by atoms with van der Waals surface area (Å²) in [7, 11) is 0. The van der Waals surface area contributed by atoms with Crippen molar-refractivity contribution in [2.45, 2.75) is 38.1 Å². The van der Waals surface area contributed by atoms with Crippen LogP contribution in [-0.2, 0) is 24.5 Å². The van der Waals surface area contributed by atoms with Gasteiger partial charge in [0.15, 0.2) is 6.61 Å². The molecule has 1 N–H and O–H groups in total. The summed E-state index contributed by atoms with van der Waals surface area (Å²) >= 11 is 1.56. The van der Waals surface area contributed by atoms with Crippen molar-refractivity contribution in [3.05, 3.63) is 58.3 Å². The molecule has 0 unspecified atom stereocenters. The van der Waals surface area contributed by atoms with E-state index in [0.717, 1.165) is 10.4 Å². The molecule has 0 bridgehead atoms. The molecule has 1 aromatic carbocycles. The van der Waals surface area contributed by atoms with E-state index in [1.165, 1.54) is 6.92 Å². The van der Waals surface area contributed by atoms with Crippen molar-refractivity contribution >= 4 is 29.1 Å². The van der Waals surface area contributed by atoms with Crippen molar-refractivity contribution in [1.29, 1.82) is 0 Å². The Labute approximate surface area is 174 Å². The van der Waals surface area contributed by atoms with Gasteiger partial charge in [-0.15, -0.1) is 11.3 Å². The Morgan fingerprint density at radius 3 is 2.41 bits per heavy atom. The Hall–Kier alpha value is -2.67. The molecule has 0 radical (unpaired) electrons. The average Bonchev–Trinajstić information content (AvgIpc) is 3.27. The molecule has 0 saturated carbocycles. The van der Waals surface area contributed by atoms with Crippen LogP contribution in [0.4, 0.5) is 0 Å². The van der Waals surface area contributed by atoms with Gasteiger partial charge in [0, 0.05) is 24.9 Å². The normalized spacial score (nSPS) is 16.7. The number of rotatable bonds is 6. The number of carbonyl (C=O) groups excluding carboxylic acids is 3. The van der Waals surface area contributed by atoms with Gasteiger partial charge < -0.3 is 15.0 Å². The molecule has 1 saturated heterocycles. The molecule has 0 aliphatic carbocycles. The predicted octanol–water partition coefficient (Wildman–Crippen LogP) is 3.05. The Bertz CT molecular complexity index is 843. The van der Waals surface area contributed by atoms with Gasteiger partial charge in [-0.3, -0.25) is 14.4 Å². The predicted molar refractivity (Wildman–Crippen MR) is 111 cm³/mol. The van der Waals surface area contributed by atoms with Gasteiger partial charge in [-0.1, -0.05) is 36.4 Å². The van der Waals surface area contributed by atoms with E-state index in [1.807, 2.05) is 54.8 Å². The number of benzene rings is 1. The van der Waals surface area contributed by atoms with Gasteiger partial charge in [-0.25, -0.2) is 0 Å². The largest absolute Gasteiger partial charge is 0.455 e. The van der Waals surface area contributed by atoms with Gasteiger partial charge in [0.2, 0.25) is 5.91 Å². The lowest BCUT2D eigenvalue weighted by molar-refractivity contribution is -0.157. The van der Waals surface area contributed by atoms with Crippen LogP contribution < -0.4 is 5.32 Å². The fourth-order valence-corrected chi connectivity index (χ4v) is 4.47. The molecule has 1 aliphatic rings. The van der Waals surface area contributed by atoms with Gasteiger partial charge in [0.1, 0.15) is 0 Å². The van der Waals surface area contributed by atoms with Crippen LogP contribution in [0.15, 0.2) is 47.8 Å². The molecule has 1 aliphatic heterocycles. The lowest BCUT2D eigenvalue weighted by Gasteiger charge is -2.40. The van der Waals surface area contributed by atoms with E-state index >= 15 is 0 Å². The summed E-state index contributed by atoms with van der Waals surface area (Å²) in [6.45, 7) is 4.09. The summed E-state index contributed by atoms with van der Waals surface area (Å²) in [5, 5.41) is 4.81. The second kappa shape index (κ2) is 9.22. The molecular weight excluding hydrogens is 388 g/mol. The molecule has 2 amide bonds. The minimum atomic E-state index is -0.840. The topological polar surface area (TPSA) is 75.7 Å². The third-order valence-corrected chi connectivity index (χ3v) is 6.52. The number of piperidine rings is 1. The number of nitrogens with one attached hydrogen (secondary N) is 1. The SMILES string of the molecule is CC(=O)N1CCC(C(=O)OCC(=O)N[C@H](C)c2cccs2)(c2ccccc2)CC1. The van der Waals surface area contributed by atoms with Crippen molar-refractivity contribution in [3.63, 3.8) is 0 Å². The number of hydrogen-bond acceptors (Lipinski definition) is 5. The molecule has 29 heavy (non-hydrogen) atoms. The lowest BCUT2D eigenvalue weighted by atomic mass is 9.72. The molecule has 2 aromatic rings. The molecule has 154 valence electrons. The minimum Gasteiger partial charge on any atom is -0.455 e. The Kier molecular flexibility index (Phi) is 6.69. The average molecular weight is 415 g/mol. The molecule has 6 nitrogen and oxygen atoms in total. The van der Waals surface area contributed by atoms with Crippen LogP contribution in [0, 0.1) is 0 Å². The van der Waals surface area contributed by atoms with E-state index in [1.54, 1.807) is 16.2 Å². The van der Waals surface area contributed by atoms with Crippen molar-refractivity contribution in [1.82, 2.24) is 10.2 Å². The quantitative estimate of drug-likeness (QED) is 0.737. The highest BCUT2D eigenvalue weighted by atomic mass is 32.1. The molecule has 1 aromatic heterocycles. The summed E-state index contributed by atoms with van der Waals surface area (Å²) in [6, 6.07) is 13.2. The standard InChI is InChI=1S/C22H26N2O4S/c1-16(19-9-6-14-29-19)23-20(26)15-28-21(27)22(18-7-4-3-5-8-18)10-12-24(13-11-22)17(2)25/h3-9,14,16H,10-13,15H2,1-2H3,(H,23,26)/t16-/m1/s1. The highest BCUT2D eigenvalue weighted by molar-refractivity contribution is 7.10. The second-order valence-electron chi connectivity index (χ2n) is 7.33. The number of thiophene rings is 1. The van der Waals surface area contributed by atoms with Crippen LogP contribution in [0.2, 0.25) is 0 Å². The van der Waals surface area contributed by atoms with Crippen LogP contribution in [-0.4, -0.2) is 42.4 Å². The first-order chi connectivity index (χ1) is 13.9. The van der Waals surface area contributed by atoms with Crippen molar-refractivity contribution in [2.75, 3.05) is 19.7 Å². The van der Waals surface area contributed by atoms with Gasteiger partial charge in [-0.2, -0.15) is 0 Å². The van der Waals surface area contributed by atoms with Crippen LogP contribution in [0.1, 0.15) is 43.2 Å². The Morgan fingerprint density at radius 1 is 1.14 bits per heavy atom. The number of nitrogens with zero attached hydrogens (tertiary/aromatic N) is 1. The van der Waals surface area contributed by atoms with Crippen LogP contribution in [0.25, 0.3) is 0 Å². The maximum atomic E-state index is 13.1. The monoisotopic (exact) mass is 414 g/mol. The van der Waals surface area contributed by atoms with Gasteiger partial charge in [0.25, 0.3) is 5.91 Å². The first-order valence-electron chi connectivity index (χ1n) is 9.73. The zero-order valence-corrected chi connectivity index (χ0v) is 17.5. The van der Waals surface area contributed by atoms with Gasteiger partial charge in [-0.05, 0) is 36.8 Å². The number of ether oxygens (including phenoxy) is 1. The summed E-state index contributed by atoms with van der Waals surface area (Å²) < 4.78 is 5.46. The van der Waals surface area contributed by atoms with Crippen molar-refractivity contribution < 1.29 is 19.1 Å². The number of esters is 1.